The van der Waals surface area contributed by atoms with Crippen LogP contribution in [0.1, 0.15) is 12.8 Å². The molecular weight excluding hydrogens is 242 g/mol. The molecule has 1 saturated carbocycles. The summed E-state index contributed by atoms with van der Waals surface area (Å²) in [5.74, 6) is 0.855. The van der Waals surface area contributed by atoms with Gasteiger partial charge in [0.05, 0.1) is 9.21 Å². The second-order valence-electron chi connectivity index (χ2n) is 3.83. The van der Waals surface area contributed by atoms with E-state index in [9.17, 15) is 0 Å². The maximum Gasteiger partial charge on any atom is 0.148 e. The number of aromatic nitrogens is 2. The molecule has 0 aliphatic heterocycles. The maximum atomic E-state index is 5.88. The highest BCUT2D eigenvalue weighted by molar-refractivity contribution is 7.19. The molecule has 1 fully saturated rings. The lowest BCUT2D eigenvalue weighted by atomic mass is 10.3. The zero-order valence-corrected chi connectivity index (χ0v) is 10.1. The molecule has 0 bridgehead atoms. The van der Waals surface area contributed by atoms with E-state index in [1.165, 1.54) is 24.2 Å². The molecule has 2 aromatic heterocycles. The summed E-state index contributed by atoms with van der Waals surface area (Å²) >= 11 is 7.39. The first-order valence-corrected chi connectivity index (χ1v) is 6.37. The number of hydrogen-bond donors (Lipinski definition) is 1. The first kappa shape index (κ1) is 10.1. The minimum atomic E-state index is 0.608. The molecule has 2 heterocycles. The molecule has 1 aliphatic rings. The van der Waals surface area contributed by atoms with Crippen molar-refractivity contribution in [2.45, 2.75) is 18.9 Å². The molecule has 5 heteroatoms. The van der Waals surface area contributed by atoms with Crippen LogP contribution in [0.2, 0.25) is 4.34 Å². The SMILES string of the molecule is Clc1ccc(-c2ccc(NC3CC3)nn2)s1. The molecule has 0 amide bonds. The summed E-state index contributed by atoms with van der Waals surface area (Å²) in [5, 5.41) is 11.6. The normalized spacial score (nSPS) is 15.1. The standard InChI is InChI=1S/C11H10ClN3S/c12-10-5-4-9(16-10)8-3-6-11(15-14-8)13-7-1-2-7/h3-7H,1-2H2,(H,13,15). The molecule has 0 atom stereocenters. The molecule has 0 aromatic carbocycles. The van der Waals surface area contributed by atoms with Crippen molar-refractivity contribution in [3.05, 3.63) is 28.6 Å². The van der Waals surface area contributed by atoms with Crippen LogP contribution < -0.4 is 5.32 Å². The van der Waals surface area contributed by atoms with Gasteiger partial charge in [0.1, 0.15) is 11.5 Å². The Bertz CT molecular complexity index is 490. The molecule has 0 spiro atoms. The Morgan fingerprint density at radius 2 is 2.06 bits per heavy atom. The van der Waals surface area contributed by atoms with Crippen LogP contribution >= 0.6 is 22.9 Å². The Morgan fingerprint density at radius 1 is 1.19 bits per heavy atom. The molecule has 16 heavy (non-hydrogen) atoms. The van der Waals surface area contributed by atoms with Gasteiger partial charge in [0.15, 0.2) is 0 Å². The van der Waals surface area contributed by atoms with Gasteiger partial charge in [0.25, 0.3) is 0 Å². The van der Waals surface area contributed by atoms with Crippen LogP contribution in [-0.2, 0) is 0 Å². The topological polar surface area (TPSA) is 37.8 Å². The van der Waals surface area contributed by atoms with E-state index in [-0.39, 0.29) is 0 Å². The summed E-state index contributed by atoms with van der Waals surface area (Å²) in [6.45, 7) is 0. The molecule has 0 unspecified atom stereocenters. The highest BCUT2D eigenvalue weighted by Crippen LogP contribution is 2.30. The van der Waals surface area contributed by atoms with Gasteiger partial charge in [-0.15, -0.1) is 21.5 Å². The van der Waals surface area contributed by atoms with Gasteiger partial charge in [-0.05, 0) is 37.1 Å². The number of hydrogen-bond acceptors (Lipinski definition) is 4. The average molecular weight is 252 g/mol. The number of anilines is 1. The fourth-order valence-electron chi connectivity index (χ4n) is 1.43. The Balaban J connectivity index is 1.80. The minimum absolute atomic E-state index is 0.608. The third-order valence-electron chi connectivity index (χ3n) is 2.42. The van der Waals surface area contributed by atoms with Crippen LogP contribution in [-0.4, -0.2) is 16.2 Å². The molecular formula is C11H10ClN3S. The molecule has 0 saturated heterocycles. The summed E-state index contributed by atoms with van der Waals surface area (Å²) in [5.41, 5.74) is 0.873. The lowest BCUT2D eigenvalue weighted by Gasteiger charge is -2.02. The predicted molar refractivity (Wildman–Crippen MR) is 67.0 cm³/mol. The van der Waals surface area contributed by atoms with Crippen LogP contribution in [0.5, 0.6) is 0 Å². The molecule has 1 N–H and O–H groups in total. The van der Waals surface area contributed by atoms with E-state index in [2.05, 4.69) is 15.5 Å². The second-order valence-corrected chi connectivity index (χ2v) is 5.54. The first-order chi connectivity index (χ1) is 7.81. The summed E-state index contributed by atoms with van der Waals surface area (Å²) in [4.78, 5) is 1.05. The molecule has 0 radical (unpaired) electrons. The predicted octanol–water partition coefficient (Wildman–Crippen LogP) is 3.43. The van der Waals surface area contributed by atoms with E-state index in [1.54, 1.807) is 0 Å². The average Bonchev–Trinajstić information content (AvgIpc) is 3.00. The Morgan fingerprint density at radius 3 is 2.62 bits per heavy atom. The number of nitrogens with one attached hydrogen (secondary N) is 1. The van der Waals surface area contributed by atoms with Gasteiger partial charge in [-0.1, -0.05) is 11.6 Å². The van der Waals surface area contributed by atoms with E-state index < -0.39 is 0 Å². The number of thiophene rings is 1. The maximum absolute atomic E-state index is 5.88. The van der Waals surface area contributed by atoms with Gasteiger partial charge >= 0.3 is 0 Å². The Kier molecular flexibility index (Phi) is 2.53. The summed E-state index contributed by atoms with van der Waals surface area (Å²) in [7, 11) is 0. The van der Waals surface area contributed by atoms with E-state index in [0.717, 1.165) is 20.7 Å². The fraction of sp³-hybridized carbons (Fsp3) is 0.273. The van der Waals surface area contributed by atoms with Crippen molar-refractivity contribution < 1.29 is 0 Å². The molecule has 3 nitrogen and oxygen atoms in total. The summed E-state index contributed by atoms with van der Waals surface area (Å²) < 4.78 is 0.775. The Hall–Kier alpha value is -1.13. The van der Waals surface area contributed by atoms with Crippen LogP contribution in [0.3, 0.4) is 0 Å². The van der Waals surface area contributed by atoms with E-state index in [0.29, 0.717) is 6.04 Å². The van der Waals surface area contributed by atoms with Gasteiger partial charge < -0.3 is 5.32 Å². The van der Waals surface area contributed by atoms with Crippen LogP contribution in [0, 0.1) is 0 Å². The number of halogens is 1. The van der Waals surface area contributed by atoms with Crippen molar-refractivity contribution >= 4 is 28.8 Å². The van der Waals surface area contributed by atoms with Gasteiger partial charge in [0.2, 0.25) is 0 Å². The smallest absolute Gasteiger partial charge is 0.148 e. The van der Waals surface area contributed by atoms with Gasteiger partial charge in [-0.25, -0.2) is 0 Å². The Labute approximate surface area is 102 Å². The highest BCUT2D eigenvalue weighted by Gasteiger charge is 2.21. The van der Waals surface area contributed by atoms with Gasteiger partial charge in [-0.3, -0.25) is 0 Å². The van der Waals surface area contributed by atoms with Crippen LogP contribution in [0.25, 0.3) is 10.6 Å². The monoisotopic (exact) mass is 251 g/mol. The van der Waals surface area contributed by atoms with Crippen molar-refractivity contribution in [2.75, 3.05) is 5.32 Å². The third kappa shape index (κ3) is 2.18. The van der Waals surface area contributed by atoms with Crippen LogP contribution in [0.15, 0.2) is 24.3 Å². The van der Waals surface area contributed by atoms with E-state index >= 15 is 0 Å². The van der Waals surface area contributed by atoms with Crippen LogP contribution in [0.4, 0.5) is 5.82 Å². The second kappa shape index (κ2) is 4.03. The number of rotatable bonds is 3. The zero-order chi connectivity index (χ0) is 11.0. The van der Waals surface area contributed by atoms with Crippen molar-refractivity contribution in [3.63, 3.8) is 0 Å². The highest BCUT2D eigenvalue weighted by atomic mass is 35.5. The van der Waals surface area contributed by atoms with E-state index in [4.69, 9.17) is 11.6 Å². The van der Waals surface area contributed by atoms with Gasteiger partial charge in [0, 0.05) is 6.04 Å². The molecule has 82 valence electrons. The summed E-state index contributed by atoms with van der Waals surface area (Å²) in [6, 6.07) is 8.38. The molecule has 1 aliphatic carbocycles. The van der Waals surface area contributed by atoms with Crippen molar-refractivity contribution in [2.24, 2.45) is 0 Å². The van der Waals surface area contributed by atoms with Crippen molar-refractivity contribution in [1.82, 2.24) is 10.2 Å². The van der Waals surface area contributed by atoms with Gasteiger partial charge in [-0.2, -0.15) is 0 Å². The number of nitrogens with zero attached hydrogens (tertiary/aromatic N) is 2. The largest absolute Gasteiger partial charge is 0.366 e. The zero-order valence-electron chi connectivity index (χ0n) is 8.48. The van der Waals surface area contributed by atoms with Crippen molar-refractivity contribution in [1.29, 1.82) is 0 Å². The fourth-order valence-corrected chi connectivity index (χ4v) is 2.44. The lowest BCUT2D eigenvalue weighted by molar-refractivity contribution is 1.01. The molecule has 2 aromatic rings. The minimum Gasteiger partial charge on any atom is -0.366 e. The van der Waals surface area contributed by atoms with E-state index in [1.807, 2.05) is 24.3 Å². The quantitative estimate of drug-likeness (QED) is 0.908. The lowest BCUT2D eigenvalue weighted by Crippen LogP contribution is -2.03. The summed E-state index contributed by atoms with van der Waals surface area (Å²) in [6.07, 6.45) is 2.48. The first-order valence-electron chi connectivity index (χ1n) is 5.17. The van der Waals surface area contributed by atoms with Crippen molar-refractivity contribution in [3.8, 4) is 10.6 Å². The molecule has 3 rings (SSSR count). The third-order valence-corrected chi connectivity index (χ3v) is 3.67.